The molecule has 0 bridgehead atoms. The molecule has 1 aliphatic heterocycles. The summed E-state index contributed by atoms with van der Waals surface area (Å²) in [5.41, 5.74) is -0.382. The number of halogens is 3. The Bertz CT molecular complexity index is 866. The van der Waals surface area contributed by atoms with Crippen molar-refractivity contribution in [1.82, 2.24) is 9.88 Å². The van der Waals surface area contributed by atoms with Crippen LogP contribution in [0.3, 0.4) is 0 Å². The molecule has 1 aromatic heterocycles. The van der Waals surface area contributed by atoms with Crippen LogP contribution in [0, 0.1) is 11.8 Å². The predicted molar refractivity (Wildman–Crippen MR) is 93.4 cm³/mol. The van der Waals surface area contributed by atoms with E-state index >= 15 is 0 Å². The fourth-order valence-electron chi connectivity index (χ4n) is 3.19. The van der Waals surface area contributed by atoms with Gasteiger partial charge in [0.05, 0.1) is 11.5 Å². The van der Waals surface area contributed by atoms with Crippen LogP contribution in [-0.4, -0.2) is 40.0 Å². The Morgan fingerprint density at radius 1 is 1.30 bits per heavy atom. The number of piperidine rings is 1. The number of likely N-dealkylation sites (tertiary alicyclic amines) is 1. The van der Waals surface area contributed by atoms with Crippen LogP contribution >= 0.6 is 11.3 Å². The van der Waals surface area contributed by atoms with E-state index < -0.39 is 29.5 Å². The van der Waals surface area contributed by atoms with Crippen LogP contribution in [0.4, 0.5) is 13.2 Å². The average molecular weight is 398 g/mol. The molecule has 0 saturated carbocycles. The van der Waals surface area contributed by atoms with E-state index in [0.29, 0.717) is 18.0 Å². The molecule has 5 nitrogen and oxygen atoms in total. The molecule has 1 fully saturated rings. The molecule has 144 valence electrons. The third kappa shape index (κ3) is 4.29. The van der Waals surface area contributed by atoms with E-state index in [2.05, 4.69) is 4.98 Å². The molecular weight excluding hydrogens is 381 g/mol. The Balaban J connectivity index is 1.81. The minimum Gasteiger partial charge on any atom is -0.481 e. The lowest BCUT2D eigenvalue weighted by molar-refractivity contribution is -0.143. The molecule has 9 heteroatoms. The van der Waals surface area contributed by atoms with Crippen molar-refractivity contribution in [2.75, 3.05) is 13.1 Å². The second-order valence-electron chi connectivity index (χ2n) is 6.70. The van der Waals surface area contributed by atoms with Crippen molar-refractivity contribution in [2.45, 2.75) is 19.5 Å². The lowest BCUT2D eigenvalue weighted by atomic mass is 9.90. The van der Waals surface area contributed by atoms with Crippen LogP contribution in [0.1, 0.15) is 29.4 Å². The number of hydrogen-bond donors (Lipinski definition) is 1. The first kappa shape index (κ1) is 19.3. The van der Waals surface area contributed by atoms with Crippen LogP contribution in [0.25, 0.3) is 10.6 Å². The van der Waals surface area contributed by atoms with Crippen molar-refractivity contribution >= 4 is 23.2 Å². The predicted octanol–water partition coefficient (Wildman–Crippen LogP) is 4.01. The van der Waals surface area contributed by atoms with E-state index in [9.17, 15) is 27.9 Å². The molecule has 0 radical (unpaired) electrons. The standard InChI is InChI=1S/C18H17F3N2O3S/c1-10-5-12(17(25)26)8-23(7-10)16(24)14-9-27-15(22-14)11-3-2-4-13(6-11)18(19,20)21/h2-4,6,9-10,12H,5,7-8H2,1H3,(H,25,26). The van der Waals surface area contributed by atoms with E-state index in [1.54, 1.807) is 0 Å². The second-order valence-corrected chi connectivity index (χ2v) is 7.56. The van der Waals surface area contributed by atoms with Gasteiger partial charge in [0.25, 0.3) is 5.91 Å². The molecule has 2 atom stereocenters. The quantitative estimate of drug-likeness (QED) is 0.848. The first-order chi connectivity index (χ1) is 12.6. The van der Waals surface area contributed by atoms with Gasteiger partial charge in [-0.1, -0.05) is 19.1 Å². The summed E-state index contributed by atoms with van der Waals surface area (Å²) < 4.78 is 38.6. The summed E-state index contributed by atoms with van der Waals surface area (Å²) in [5, 5.41) is 11.0. The van der Waals surface area contributed by atoms with Gasteiger partial charge in [0.15, 0.2) is 0 Å². The summed E-state index contributed by atoms with van der Waals surface area (Å²) in [7, 11) is 0. The summed E-state index contributed by atoms with van der Waals surface area (Å²) in [4.78, 5) is 29.6. The number of carbonyl (C=O) groups is 2. The summed E-state index contributed by atoms with van der Waals surface area (Å²) in [6, 6.07) is 4.78. The molecule has 2 aromatic rings. The smallest absolute Gasteiger partial charge is 0.416 e. The average Bonchev–Trinajstić information content (AvgIpc) is 3.10. The number of carboxylic acids is 1. The molecule has 3 rings (SSSR count). The zero-order valence-electron chi connectivity index (χ0n) is 14.4. The van der Waals surface area contributed by atoms with Gasteiger partial charge in [-0.3, -0.25) is 9.59 Å². The Morgan fingerprint density at radius 3 is 2.70 bits per heavy atom. The van der Waals surface area contributed by atoms with Crippen molar-refractivity contribution in [3.05, 3.63) is 40.9 Å². The number of carbonyl (C=O) groups excluding carboxylic acids is 1. The Kier molecular flexibility index (Phi) is 5.23. The van der Waals surface area contributed by atoms with Gasteiger partial charge in [0.2, 0.25) is 0 Å². The summed E-state index contributed by atoms with van der Waals surface area (Å²) in [6.45, 7) is 2.42. The van der Waals surface area contributed by atoms with Gasteiger partial charge in [-0.15, -0.1) is 11.3 Å². The van der Waals surface area contributed by atoms with E-state index in [1.807, 2.05) is 6.92 Å². The zero-order valence-corrected chi connectivity index (χ0v) is 15.2. The molecular formula is C18H17F3N2O3S. The van der Waals surface area contributed by atoms with Crippen LogP contribution in [-0.2, 0) is 11.0 Å². The summed E-state index contributed by atoms with van der Waals surface area (Å²) in [5.74, 6) is -1.92. The third-order valence-electron chi connectivity index (χ3n) is 4.46. The van der Waals surface area contributed by atoms with Crippen molar-refractivity contribution in [3.63, 3.8) is 0 Å². The van der Waals surface area contributed by atoms with Gasteiger partial charge >= 0.3 is 12.1 Å². The van der Waals surface area contributed by atoms with Crippen LogP contribution < -0.4 is 0 Å². The molecule has 1 N–H and O–H groups in total. The normalized spacial score (nSPS) is 20.5. The SMILES string of the molecule is CC1CC(C(=O)O)CN(C(=O)c2csc(-c3cccc(C(F)(F)F)c3)n2)C1. The molecule has 2 unspecified atom stereocenters. The van der Waals surface area contributed by atoms with E-state index in [0.717, 1.165) is 23.5 Å². The van der Waals surface area contributed by atoms with E-state index in [-0.39, 0.29) is 23.7 Å². The number of hydrogen-bond acceptors (Lipinski definition) is 4. The Hall–Kier alpha value is -2.42. The van der Waals surface area contributed by atoms with Gasteiger partial charge in [0, 0.05) is 24.0 Å². The van der Waals surface area contributed by atoms with Gasteiger partial charge < -0.3 is 10.0 Å². The van der Waals surface area contributed by atoms with Gasteiger partial charge in [-0.2, -0.15) is 13.2 Å². The topological polar surface area (TPSA) is 70.5 Å². The maximum absolute atomic E-state index is 12.9. The highest BCUT2D eigenvalue weighted by molar-refractivity contribution is 7.13. The highest BCUT2D eigenvalue weighted by Crippen LogP contribution is 2.33. The Morgan fingerprint density at radius 2 is 2.04 bits per heavy atom. The Labute approximate surface area is 157 Å². The van der Waals surface area contributed by atoms with Crippen LogP contribution in [0.2, 0.25) is 0 Å². The molecule has 27 heavy (non-hydrogen) atoms. The molecule has 0 aliphatic carbocycles. The monoisotopic (exact) mass is 398 g/mol. The highest BCUT2D eigenvalue weighted by Gasteiger charge is 2.33. The largest absolute Gasteiger partial charge is 0.481 e. The maximum atomic E-state index is 12.9. The van der Waals surface area contributed by atoms with Crippen LogP contribution in [0.5, 0.6) is 0 Å². The third-order valence-corrected chi connectivity index (χ3v) is 5.35. The lowest BCUT2D eigenvalue weighted by Gasteiger charge is -2.34. The van der Waals surface area contributed by atoms with E-state index in [1.165, 1.54) is 22.4 Å². The molecule has 0 spiro atoms. The minimum atomic E-state index is -4.46. The zero-order chi connectivity index (χ0) is 19.8. The highest BCUT2D eigenvalue weighted by atomic mass is 32.1. The first-order valence-corrected chi connectivity index (χ1v) is 9.18. The van der Waals surface area contributed by atoms with Crippen molar-refractivity contribution in [1.29, 1.82) is 0 Å². The number of benzene rings is 1. The fourth-order valence-corrected chi connectivity index (χ4v) is 3.98. The van der Waals surface area contributed by atoms with Crippen molar-refractivity contribution in [3.8, 4) is 10.6 Å². The number of thiazole rings is 1. The van der Waals surface area contributed by atoms with Crippen LogP contribution in [0.15, 0.2) is 29.6 Å². The fraction of sp³-hybridized carbons (Fsp3) is 0.389. The van der Waals surface area contributed by atoms with Crippen molar-refractivity contribution in [2.24, 2.45) is 11.8 Å². The second kappa shape index (κ2) is 7.30. The minimum absolute atomic E-state index is 0.0466. The first-order valence-electron chi connectivity index (χ1n) is 8.30. The number of carboxylic acid groups (broad SMARTS) is 1. The number of alkyl halides is 3. The van der Waals surface area contributed by atoms with Gasteiger partial charge in [-0.05, 0) is 24.5 Å². The molecule has 1 aliphatic rings. The number of aliphatic carboxylic acids is 1. The van der Waals surface area contributed by atoms with Gasteiger partial charge in [0.1, 0.15) is 10.7 Å². The number of nitrogens with zero attached hydrogens (tertiary/aromatic N) is 2. The molecule has 1 amide bonds. The number of amides is 1. The summed E-state index contributed by atoms with van der Waals surface area (Å²) >= 11 is 1.08. The number of rotatable bonds is 3. The lowest BCUT2D eigenvalue weighted by Crippen LogP contribution is -2.45. The van der Waals surface area contributed by atoms with E-state index in [4.69, 9.17) is 0 Å². The maximum Gasteiger partial charge on any atom is 0.416 e. The van der Waals surface area contributed by atoms with Gasteiger partial charge in [-0.25, -0.2) is 4.98 Å². The molecule has 1 saturated heterocycles. The van der Waals surface area contributed by atoms with Crippen molar-refractivity contribution < 1.29 is 27.9 Å². The number of aromatic nitrogens is 1. The summed E-state index contributed by atoms with van der Waals surface area (Å²) in [6.07, 6.45) is -3.95. The molecule has 1 aromatic carbocycles. The molecule has 2 heterocycles.